The second kappa shape index (κ2) is 8.14. The van der Waals surface area contributed by atoms with E-state index in [1.807, 2.05) is 55.3 Å². The Hall–Kier alpha value is -2.99. The van der Waals surface area contributed by atoms with Gasteiger partial charge in [-0.2, -0.15) is 4.98 Å². The molecule has 0 radical (unpaired) electrons. The summed E-state index contributed by atoms with van der Waals surface area (Å²) in [6.45, 7) is 1.93. The number of aryl methyl sites for hydroxylation is 1. The van der Waals surface area contributed by atoms with Crippen LogP contribution in [0.2, 0.25) is 5.02 Å². The van der Waals surface area contributed by atoms with E-state index in [0.29, 0.717) is 34.0 Å². The average Bonchev–Trinajstić information content (AvgIpc) is 2.68. The molecule has 0 fully saturated rings. The fourth-order valence-corrected chi connectivity index (χ4v) is 2.86. The first-order valence-corrected chi connectivity index (χ1v) is 8.72. The molecule has 27 heavy (non-hydrogen) atoms. The van der Waals surface area contributed by atoms with Crippen molar-refractivity contribution in [2.45, 2.75) is 6.92 Å². The SMILES string of the molecule is COc1cc(Nc2cc(C)nc(N(C)c3ccccc3)n2)c(OC)cc1Cl. The number of nitrogens with zero attached hydrogens (tertiary/aromatic N) is 3. The van der Waals surface area contributed by atoms with E-state index in [4.69, 9.17) is 21.1 Å². The van der Waals surface area contributed by atoms with Crippen molar-refractivity contribution in [1.82, 2.24) is 9.97 Å². The minimum absolute atomic E-state index is 0.475. The molecule has 0 aliphatic carbocycles. The van der Waals surface area contributed by atoms with Gasteiger partial charge < -0.3 is 19.7 Å². The normalized spacial score (nSPS) is 10.4. The molecule has 0 amide bonds. The van der Waals surface area contributed by atoms with Gasteiger partial charge in [-0.25, -0.2) is 4.98 Å². The minimum Gasteiger partial charge on any atom is -0.495 e. The predicted molar refractivity (Wildman–Crippen MR) is 109 cm³/mol. The predicted octanol–water partition coefficient (Wildman–Crippen LogP) is 4.97. The molecule has 0 saturated carbocycles. The lowest BCUT2D eigenvalue weighted by atomic mass is 10.2. The van der Waals surface area contributed by atoms with Crippen molar-refractivity contribution in [3.05, 3.63) is 59.2 Å². The molecule has 0 atom stereocenters. The number of anilines is 4. The molecular formula is C20H21ClN4O2. The van der Waals surface area contributed by atoms with Gasteiger partial charge in [-0.05, 0) is 19.1 Å². The Kier molecular flexibility index (Phi) is 5.66. The van der Waals surface area contributed by atoms with Crippen LogP contribution in [0, 0.1) is 6.92 Å². The highest BCUT2D eigenvalue weighted by Gasteiger charge is 2.13. The van der Waals surface area contributed by atoms with Crippen LogP contribution in [0.5, 0.6) is 11.5 Å². The van der Waals surface area contributed by atoms with Gasteiger partial charge in [0.25, 0.3) is 0 Å². The molecule has 6 nitrogen and oxygen atoms in total. The van der Waals surface area contributed by atoms with Gasteiger partial charge in [-0.1, -0.05) is 29.8 Å². The van der Waals surface area contributed by atoms with E-state index in [9.17, 15) is 0 Å². The molecular weight excluding hydrogens is 364 g/mol. The van der Waals surface area contributed by atoms with Gasteiger partial charge >= 0.3 is 0 Å². The fourth-order valence-electron chi connectivity index (χ4n) is 2.63. The van der Waals surface area contributed by atoms with E-state index in [-0.39, 0.29) is 0 Å². The van der Waals surface area contributed by atoms with Crippen molar-refractivity contribution >= 4 is 34.7 Å². The van der Waals surface area contributed by atoms with Crippen molar-refractivity contribution in [2.24, 2.45) is 0 Å². The number of ether oxygens (including phenoxy) is 2. The second-order valence-electron chi connectivity index (χ2n) is 5.90. The summed E-state index contributed by atoms with van der Waals surface area (Å²) in [4.78, 5) is 11.1. The van der Waals surface area contributed by atoms with E-state index in [1.54, 1.807) is 26.4 Å². The summed E-state index contributed by atoms with van der Waals surface area (Å²) in [5.41, 5.74) is 2.54. The molecule has 0 saturated heterocycles. The molecule has 0 unspecified atom stereocenters. The molecule has 0 aliphatic heterocycles. The zero-order valence-corrected chi connectivity index (χ0v) is 16.4. The van der Waals surface area contributed by atoms with E-state index < -0.39 is 0 Å². The van der Waals surface area contributed by atoms with Crippen LogP contribution in [-0.4, -0.2) is 31.2 Å². The van der Waals surface area contributed by atoms with Crippen molar-refractivity contribution < 1.29 is 9.47 Å². The maximum Gasteiger partial charge on any atom is 0.231 e. The Bertz CT molecular complexity index is 935. The molecule has 0 bridgehead atoms. The summed E-state index contributed by atoms with van der Waals surface area (Å²) >= 11 is 6.18. The van der Waals surface area contributed by atoms with E-state index >= 15 is 0 Å². The zero-order chi connectivity index (χ0) is 19.4. The molecule has 2 aromatic carbocycles. The third-order valence-corrected chi connectivity index (χ3v) is 4.32. The number of nitrogens with one attached hydrogen (secondary N) is 1. The summed E-state index contributed by atoms with van der Waals surface area (Å²) in [5, 5.41) is 3.75. The van der Waals surface area contributed by atoms with Crippen LogP contribution in [0.15, 0.2) is 48.5 Å². The van der Waals surface area contributed by atoms with Crippen LogP contribution < -0.4 is 19.7 Å². The van der Waals surface area contributed by atoms with Crippen molar-refractivity contribution in [2.75, 3.05) is 31.5 Å². The van der Waals surface area contributed by atoms with Gasteiger partial charge in [0.2, 0.25) is 5.95 Å². The quantitative estimate of drug-likeness (QED) is 0.647. The first-order chi connectivity index (χ1) is 13.0. The van der Waals surface area contributed by atoms with E-state index in [1.165, 1.54) is 0 Å². The van der Waals surface area contributed by atoms with Crippen molar-refractivity contribution in [1.29, 1.82) is 0 Å². The fraction of sp³-hybridized carbons (Fsp3) is 0.200. The molecule has 140 valence electrons. The lowest BCUT2D eigenvalue weighted by molar-refractivity contribution is 0.405. The topological polar surface area (TPSA) is 59.5 Å². The minimum atomic E-state index is 0.475. The highest BCUT2D eigenvalue weighted by Crippen LogP contribution is 2.37. The van der Waals surface area contributed by atoms with Gasteiger partial charge in [0.1, 0.15) is 17.3 Å². The van der Waals surface area contributed by atoms with Gasteiger partial charge in [0, 0.05) is 36.6 Å². The Balaban J connectivity index is 1.96. The number of halogens is 1. The third kappa shape index (κ3) is 4.23. The maximum atomic E-state index is 6.18. The van der Waals surface area contributed by atoms with E-state index in [0.717, 1.165) is 11.4 Å². The summed E-state index contributed by atoms with van der Waals surface area (Å²) in [5.74, 6) is 2.37. The molecule has 7 heteroatoms. The molecule has 3 rings (SSSR count). The molecule has 1 heterocycles. The molecule has 0 spiro atoms. The number of aromatic nitrogens is 2. The van der Waals surface area contributed by atoms with Crippen molar-refractivity contribution in [3.63, 3.8) is 0 Å². The van der Waals surface area contributed by atoms with Crippen LogP contribution in [0.1, 0.15) is 5.69 Å². The Morgan fingerprint density at radius 3 is 2.33 bits per heavy atom. The first kappa shape index (κ1) is 18.8. The van der Waals surface area contributed by atoms with Crippen LogP contribution in [0.3, 0.4) is 0 Å². The molecule has 1 N–H and O–H groups in total. The monoisotopic (exact) mass is 384 g/mol. The summed E-state index contributed by atoms with van der Waals surface area (Å²) < 4.78 is 10.7. The average molecular weight is 385 g/mol. The standard InChI is InChI=1S/C20H21ClN4O2/c1-13-10-19(23-16-12-17(26-3)15(21)11-18(16)27-4)24-20(22-13)25(2)14-8-6-5-7-9-14/h5-12H,1-4H3,(H,22,23,24). The van der Waals surface area contributed by atoms with E-state index in [2.05, 4.69) is 15.3 Å². The van der Waals surface area contributed by atoms with Crippen molar-refractivity contribution in [3.8, 4) is 11.5 Å². The van der Waals surface area contributed by atoms with Crippen LogP contribution >= 0.6 is 11.6 Å². The number of para-hydroxylation sites is 1. The number of rotatable bonds is 6. The Morgan fingerprint density at radius 1 is 0.963 bits per heavy atom. The van der Waals surface area contributed by atoms with Gasteiger partial charge in [-0.15, -0.1) is 0 Å². The maximum absolute atomic E-state index is 6.18. The molecule has 3 aromatic rings. The number of hydrogen-bond donors (Lipinski definition) is 1. The highest BCUT2D eigenvalue weighted by molar-refractivity contribution is 6.32. The van der Waals surface area contributed by atoms with Crippen LogP contribution in [0.4, 0.5) is 23.1 Å². The largest absolute Gasteiger partial charge is 0.495 e. The van der Waals surface area contributed by atoms with Gasteiger partial charge in [0.15, 0.2) is 0 Å². The molecule has 0 aliphatic rings. The Labute approximate surface area is 163 Å². The second-order valence-corrected chi connectivity index (χ2v) is 6.31. The number of benzene rings is 2. The summed E-state index contributed by atoms with van der Waals surface area (Å²) in [6.07, 6.45) is 0. The third-order valence-electron chi connectivity index (χ3n) is 4.02. The summed E-state index contributed by atoms with van der Waals surface area (Å²) in [6, 6.07) is 15.3. The highest BCUT2D eigenvalue weighted by atomic mass is 35.5. The first-order valence-electron chi connectivity index (χ1n) is 8.35. The zero-order valence-electron chi connectivity index (χ0n) is 15.7. The molecule has 1 aromatic heterocycles. The lowest BCUT2D eigenvalue weighted by Gasteiger charge is -2.19. The number of hydrogen-bond acceptors (Lipinski definition) is 6. The lowest BCUT2D eigenvalue weighted by Crippen LogP contribution is -2.14. The number of methoxy groups -OCH3 is 2. The smallest absolute Gasteiger partial charge is 0.231 e. The Morgan fingerprint density at radius 2 is 1.67 bits per heavy atom. The van der Waals surface area contributed by atoms with Crippen LogP contribution in [0.25, 0.3) is 0 Å². The van der Waals surface area contributed by atoms with Gasteiger partial charge in [-0.3, -0.25) is 0 Å². The summed E-state index contributed by atoms with van der Waals surface area (Å²) in [7, 11) is 5.09. The van der Waals surface area contributed by atoms with Crippen LogP contribution in [-0.2, 0) is 0 Å². The van der Waals surface area contributed by atoms with Gasteiger partial charge in [0.05, 0.1) is 24.9 Å².